The van der Waals surface area contributed by atoms with Gasteiger partial charge in [0.2, 0.25) is 5.91 Å². The topological polar surface area (TPSA) is 20.3 Å². The highest BCUT2D eigenvalue weighted by molar-refractivity contribution is 6.32. The van der Waals surface area contributed by atoms with Crippen LogP contribution in [0.15, 0.2) is 24.3 Å². The van der Waals surface area contributed by atoms with Crippen LogP contribution in [-0.4, -0.2) is 23.9 Å². The highest BCUT2D eigenvalue weighted by atomic mass is 35.5. The highest BCUT2D eigenvalue weighted by Crippen LogP contribution is 2.20. The van der Waals surface area contributed by atoms with E-state index < -0.39 is 5.82 Å². The smallest absolute Gasteiger partial charge is 0.246 e. The molecule has 0 aliphatic rings. The van der Waals surface area contributed by atoms with Gasteiger partial charge in [-0.3, -0.25) is 4.79 Å². The maximum Gasteiger partial charge on any atom is 0.246 e. The van der Waals surface area contributed by atoms with Crippen LogP contribution in [0.25, 0.3) is 6.08 Å². The predicted octanol–water partition coefficient (Wildman–Crippen LogP) is 5.70. The first-order valence-electron chi connectivity index (χ1n) is 8.51. The number of rotatable bonds is 10. The monoisotopic (exact) mass is 339 g/mol. The predicted molar refractivity (Wildman–Crippen MR) is 96.1 cm³/mol. The number of hydrogen-bond acceptors (Lipinski definition) is 1. The zero-order valence-electron chi connectivity index (χ0n) is 14.2. The second kappa shape index (κ2) is 11.2. The third-order valence-electron chi connectivity index (χ3n) is 3.77. The molecule has 0 aliphatic heterocycles. The molecule has 0 heterocycles. The van der Waals surface area contributed by atoms with Crippen molar-refractivity contribution in [2.45, 2.75) is 52.4 Å². The molecule has 0 aromatic heterocycles. The molecule has 0 saturated heterocycles. The Labute approximate surface area is 144 Å². The second-order valence-electron chi connectivity index (χ2n) is 5.71. The third kappa shape index (κ3) is 7.17. The van der Waals surface area contributed by atoms with Gasteiger partial charge in [-0.05, 0) is 31.1 Å². The minimum atomic E-state index is -0.412. The molecule has 0 radical (unpaired) electrons. The summed E-state index contributed by atoms with van der Waals surface area (Å²) < 4.78 is 13.7. The largest absolute Gasteiger partial charge is 0.339 e. The normalized spacial score (nSPS) is 11.1. The van der Waals surface area contributed by atoms with Gasteiger partial charge in [0.05, 0.1) is 5.02 Å². The van der Waals surface area contributed by atoms with E-state index in [0.717, 1.165) is 51.6 Å². The average Bonchev–Trinajstić information content (AvgIpc) is 2.53. The van der Waals surface area contributed by atoms with Crippen LogP contribution in [0.4, 0.5) is 4.39 Å². The Morgan fingerprint density at radius 2 is 1.74 bits per heavy atom. The maximum atomic E-state index is 13.7. The van der Waals surface area contributed by atoms with Crippen molar-refractivity contribution in [1.82, 2.24) is 4.90 Å². The standard InChI is InChI=1S/C19H27ClFNO/c1-3-5-7-14-22(15-8-6-4-2)19(23)13-12-16-17(20)10-9-11-18(16)21/h9-13H,3-8,14-15H2,1-2H3. The van der Waals surface area contributed by atoms with E-state index in [4.69, 9.17) is 11.6 Å². The first-order chi connectivity index (χ1) is 11.1. The molecule has 1 rings (SSSR count). The van der Waals surface area contributed by atoms with Gasteiger partial charge in [-0.15, -0.1) is 0 Å². The van der Waals surface area contributed by atoms with Gasteiger partial charge in [-0.2, -0.15) is 0 Å². The van der Waals surface area contributed by atoms with Crippen LogP contribution in [0.3, 0.4) is 0 Å². The quantitative estimate of drug-likeness (QED) is 0.395. The van der Waals surface area contributed by atoms with E-state index in [1.165, 1.54) is 18.2 Å². The number of halogens is 2. The summed E-state index contributed by atoms with van der Waals surface area (Å²) in [7, 11) is 0. The number of carbonyl (C=O) groups excluding carboxylic acids is 1. The Morgan fingerprint density at radius 1 is 1.13 bits per heavy atom. The van der Waals surface area contributed by atoms with Crippen LogP contribution in [0.5, 0.6) is 0 Å². The van der Waals surface area contributed by atoms with Crippen molar-refractivity contribution in [3.05, 3.63) is 40.7 Å². The fourth-order valence-corrected chi connectivity index (χ4v) is 2.59. The molecule has 128 valence electrons. The number of amides is 1. The van der Waals surface area contributed by atoms with Crippen LogP contribution >= 0.6 is 11.6 Å². The number of hydrogen-bond donors (Lipinski definition) is 0. The van der Waals surface area contributed by atoms with Crippen molar-refractivity contribution in [3.8, 4) is 0 Å². The molecular weight excluding hydrogens is 313 g/mol. The first kappa shape index (κ1) is 19.7. The summed E-state index contributed by atoms with van der Waals surface area (Å²) >= 11 is 5.98. The van der Waals surface area contributed by atoms with E-state index in [1.807, 2.05) is 4.90 Å². The van der Waals surface area contributed by atoms with E-state index in [9.17, 15) is 9.18 Å². The Morgan fingerprint density at radius 3 is 2.26 bits per heavy atom. The molecular formula is C19H27ClFNO. The molecule has 0 saturated carbocycles. The minimum Gasteiger partial charge on any atom is -0.339 e. The highest BCUT2D eigenvalue weighted by Gasteiger charge is 2.11. The van der Waals surface area contributed by atoms with Gasteiger partial charge in [-0.25, -0.2) is 4.39 Å². The number of carbonyl (C=O) groups is 1. The van der Waals surface area contributed by atoms with E-state index in [1.54, 1.807) is 12.1 Å². The lowest BCUT2D eigenvalue weighted by atomic mass is 10.1. The Hall–Kier alpha value is -1.35. The Balaban J connectivity index is 2.72. The summed E-state index contributed by atoms with van der Waals surface area (Å²) in [6, 6.07) is 4.52. The molecule has 0 unspecified atom stereocenters. The van der Waals surface area contributed by atoms with Crippen molar-refractivity contribution in [3.63, 3.8) is 0 Å². The molecule has 0 N–H and O–H groups in total. The average molecular weight is 340 g/mol. The van der Waals surface area contributed by atoms with Crippen molar-refractivity contribution in [2.24, 2.45) is 0 Å². The molecule has 23 heavy (non-hydrogen) atoms. The van der Waals surface area contributed by atoms with Crippen LogP contribution in [0, 0.1) is 5.82 Å². The van der Waals surface area contributed by atoms with Gasteiger partial charge in [0, 0.05) is 24.7 Å². The lowest BCUT2D eigenvalue weighted by Gasteiger charge is -2.21. The minimum absolute atomic E-state index is 0.0727. The van der Waals surface area contributed by atoms with Crippen molar-refractivity contribution >= 4 is 23.6 Å². The summed E-state index contributed by atoms with van der Waals surface area (Å²) in [6.45, 7) is 5.80. The second-order valence-corrected chi connectivity index (χ2v) is 6.12. The molecule has 1 aromatic carbocycles. The summed E-state index contributed by atoms with van der Waals surface area (Å²) in [5, 5.41) is 0.317. The molecule has 0 spiro atoms. The van der Waals surface area contributed by atoms with Crippen LogP contribution in [0.2, 0.25) is 5.02 Å². The molecule has 0 atom stereocenters. The lowest BCUT2D eigenvalue weighted by Crippen LogP contribution is -2.31. The fourth-order valence-electron chi connectivity index (χ4n) is 2.37. The van der Waals surface area contributed by atoms with E-state index in [-0.39, 0.29) is 11.5 Å². The molecule has 0 fully saturated rings. The molecule has 0 bridgehead atoms. The van der Waals surface area contributed by atoms with Crippen LogP contribution in [0.1, 0.15) is 57.9 Å². The summed E-state index contributed by atoms with van der Waals surface area (Å²) in [5.41, 5.74) is 0.268. The van der Waals surface area contributed by atoms with Crippen molar-refractivity contribution in [1.29, 1.82) is 0 Å². The zero-order chi connectivity index (χ0) is 17.1. The summed E-state index contributed by atoms with van der Waals surface area (Å²) in [6.07, 6.45) is 9.39. The third-order valence-corrected chi connectivity index (χ3v) is 4.10. The van der Waals surface area contributed by atoms with Gasteiger partial charge >= 0.3 is 0 Å². The number of nitrogens with zero attached hydrogens (tertiary/aromatic N) is 1. The van der Waals surface area contributed by atoms with Crippen LogP contribution < -0.4 is 0 Å². The Bertz CT molecular complexity index is 486. The summed E-state index contributed by atoms with van der Waals surface area (Å²) in [4.78, 5) is 14.3. The fraction of sp³-hybridized carbons (Fsp3) is 0.526. The molecule has 1 aromatic rings. The van der Waals surface area contributed by atoms with Gasteiger partial charge in [0.25, 0.3) is 0 Å². The Kier molecular flexibility index (Phi) is 9.61. The van der Waals surface area contributed by atoms with E-state index in [0.29, 0.717) is 5.02 Å². The molecule has 1 amide bonds. The molecule has 4 heteroatoms. The van der Waals surface area contributed by atoms with Gasteiger partial charge in [-0.1, -0.05) is 57.2 Å². The van der Waals surface area contributed by atoms with Gasteiger partial charge in [0.15, 0.2) is 0 Å². The first-order valence-corrected chi connectivity index (χ1v) is 8.89. The van der Waals surface area contributed by atoms with Gasteiger partial charge in [0.1, 0.15) is 5.82 Å². The molecule has 0 aliphatic carbocycles. The maximum absolute atomic E-state index is 13.7. The van der Waals surface area contributed by atoms with Crippen LogP contribution in [-0.2, 0) is 4.79 Å². The summed E-state index contributed by atoms with van der Waals surface area (Å²) in [5.74, 6) is -0.485. The lowest BCUT2D eigenvalue weighted by molar-refractivity contribution is -0.126. The number of benzene rings is 1. The zero-order valence-corrected chi connectivity index (χ0v) is 14.9. The van der Waals surface area contributed by atoms with E-state index >= 15 is 0 Å². The van der Waals surface area contributed by atoms with E-state index in [2.05, 4.69) is 13.8 Å². The number of unbranched alkanes of at least 4 members (excludes halogenated alkanes) is 4. The van der Waals surface area contributed by atoms with Crippen molar-refractivity contribution < 1.29 is 9.18 Å². The van der Waals surface area contributed by atoms with Gasteiger partial charge < -0.3 is 4.90 Å². The van der Waals surface area contributed by atoms with Crippen molar-refractivity contribution in [2.75, 3.05) is 13.1 Å². The molecule has 2 nitrogen and oxygen atoms in total. The SMILES string of the molecule is CCCCCN(CCCCC)C(=O)C=Cc1c(F)cccc1Cl.